The van der Waals surface area contributed by atoms with Gasteiger partial charge in [-0.1, -0.05) is 30.3 Å². The number of aryl methyl sites for hydroxylation is 1. The number of fused-ring (bicyclic) bond motifs is 5. The zero-order valence-electron chi connectivity index (χ0n) is 14.9. The Morgan fingerprint density at radius 3 is 2.27 bits per heavy atom. The summed E-state index contributed by atoms with van der Waals surface area (Å²) in [4.78, 5) is 27.5. The number of amides is 2. The summed E-state index contributed by atoms with van der Waals surface area (Å²) in [6, 6.07) is 10.1. The van der Waals surface area contributed by atoms with Crippen LogP contribution in [-0.4, -0.2) is 33.8 Å². The second kappa shape index (κ2) is 5.51. The van der Waals surface area contributed by atoms with Gasteiger partial charge in [0.25, 0.3) is 0 Å². The first-order valence-corrected chi connectivity index (χ1v) is 9.17. The van der Waals surface area contributed by atoms with Crippen LogP contribution in [0.25, 0.3) is 0 Å². The lowest BCUT2D eigenvalue weighted by atomic mass is 9.81. The highest BCUT2D eigenvalue weighted by Crippen LogP contribution is 2.50. The number of hydrogen-bond donors (Lipinski definition) is 0. The summed E-state index contributed by atoms with van der Waals surface area (Å²) in [5, 5.41) is 4.61. The van der Waals surface area contributed by atoms with Crippen molar-refractivity contribution in [3.8, 4) is 0 Å². The first kappa shape index (κ1) is 15.8. The molecular weight excluding hydrogens is 330 g/mol. The molecule has 134 valence electrons. The standard InChI is InChI=1S/C20H21N3O3/c1-11-18(12(2)22(21-11)10-13-6-4-3-5-7-13)23-19(24)16-14-8-9-15(26-14)17(16)20(23)25/h3-7,14-17H,8-10H2,1-2H3/t14-,15-,16-,17-/m0/s1. The third-order valence-corrected chi connectivity index (χ3v) is 6.03. The van der Waals surface area contributed by atoms with E-state index in [0.717, 1.165) is 24.1 Å². The number of nitrogens with zero attached hydrogens (tertiary/aromatic N) is 3. The highest BCUT2D eigenvalue weighted by molar-refractivity contribution is 6.23. The Morgan fingerprint density at radius 1 is 1.04 bits per heavy atom. The fraction of sp³-hybridized carbons (Fsp3) is 0.450. The highest BCUT2D eigenvalue weighted by atomic mass is 16.5. The van der Waals surface area contributed by atoms with Crippen LogP contribution in [0.1, 0.15) is 29.8 Å². The van der Waals surface area contributed by atoms with E-state index in [9.17, 15) is 9.59 Å². The van der Waals surface area contributed by atoms with Crippen molar-refractivity contribution in [2.75, 3.05) is 4.90 Å². The van der Waals surface area contributed by atoms with Crippen molar-refractivity contribution in [3.63, 3.8) is 0 Å². The Kier molecular flexibility index (Phi) is 3.34. The van der Waals surface area contributed by atoms with Crippen LogP contribution in [0.5, 0.6) is 0 Å². The molecule has 26 heavy (non-hydrogen) atoms. The molecule has 3 aliphatic rings. The summed E-state index contributed by atoms with van der Waals surface area (Å²) in [6.07, 6.45) is 1.58. The maximum Gasteiger partial charge on any atom is 0.240 e. The highest BCUT2D eigenvalue weighted by Gasteiger charge is 2.63. The summed E-state index contributed by atoms with van der Waals surface area (Å²) in [5.41, 5.74) is 3.35. The van der Waals surface area contributed by atoms with Crippen LogP contribution in [0, 0.1) is 25.7 Å². The van der Waals surface area contributed by atoms with Crippen molar-refractivity contribution < 1.29 is 14.3 Å². The van der Waals surface area contributed by atoms with E-state index < -0.39 is 0 Å². The van der Waals surface area contributed by atoms with Gasteiger partial charge in [-0.15, -0.1) is 0 Å². The zero-order valence-corrected chi connectivity index (χ0v) is 14.9. The Bertz CT molecular complexity index is 877. The molecule has 6 nitrogen and oxygen atoms in total. The molecular formula is C20H21N3O3. The Hall–Kier alpha value is -2.47. The van der Waals surface area contributed by atoms with Gasteiger partial charge in [0.15, 0.2) is 0 Å². The van der Waals surface area contributed by atoms with E-state index in [4.69, 9.17) is 4.74 Å². The van der Waals surface area contributed by atoms with E-state index in [0.29, 0.717) is 17.9 Å². The average Bonchev–Trinajstić information content (AvgIpc) is 3.36. The molecule has 0 aliphatic carbocycles. The second-order valence-electron chi connectivity index (χ2n) is 7.52. The van der Waals surface area contributed by atoms with Gasteiger partial charge in [-0.25, -0.2) is 4.90 Å². The maximum atomic E-state index is 13.0. The molecule has 0 unspecified atom stereocenters. The number of carbonyl (C=O) groups is 2. The largest absolute Gasteiger partial charge is 0.373 e. The predicted molar refractivity (Wildman–Crippen MR) is 94.6 cm³/mol. The molecule has 0 N–H and O–H groups in total. The molecule has 0 spiro atoms. The number of benzene rings is 1. The predicted octanol–water partition coefficient (Wildman–Crippen LogP) is 2.22. The molecule has 4 atom stereocenters. The van der Waals surface area contributed by atoms with E-state index in [1.807, 2.05) is 48.9 Å². The Morgan fingerprint density at radius 2 is 1.65 bits per heavy atom. The summed E-state index contributed by atoms with van der Waals surface area (Å²) in [7, 11) is 0. The fourth-order valence-corrected chi connectivity index (χ4v) is 4.85. The fourth-order valence-electron chi connectivity index (χ4n) is 4.85. The van der Waals surface area contributed by atoms with Gasteiger partial charge in [0.1, 0.15) is 0 Å². The van der Waals surface area contributed by atoms with Crippen LogP contribution in [0.4, 0.5) is 5.69 Å². The molecule has 1 aromatic heterocycles. The normalized spacial score (nSPS) is 29.7. The van der Waals surface area contributed by atoms with Crippen LogP contribution in [-0.2, 0) is 20.9 Å². The van der Waals surface area contributed by atoms with Crippen molar-refractivity contribution in [2.24, 2.45) is 11.8 Å². The number of rotatable bonds is 3. The Labute approximate surface area is 151 Å². The van der Waals surface area contributed by atoms with E-state index in [1.165, 1.54) is 4.90 Å². The SMILES string of the molecule is Cc1nn(Cc2ccccc2)c(C)c1N1C(=O)[C@@H]2[C@@H](C1=O)[C@@H]1CC[C@@H]2O1. The summed E-state index contributed by atoms with van der Waals surface area (Å²) < 4.78 is 7.69. The van der Waals surface area contributed by atoms with Crippen LogP contribution < -0.4 is 4.90 Å². The molecule has 6 heteroatoms. The van der Waals surface area contributed by atoms with Crippen molar-refractivity contribution in [1.82, 2.24) is 9.78 Å². The van der Waals surface area contributed by atoms with Gasteiger partial charge in [0.2, 0.25) is 11.8 Å². The van der Waals surface area contributed by atoms with Crippen molar-refractivity contribution in [2.45, 2.75) is 45.4 Å². The van der Waals surface area contributed by atoms with Crippen LogP contribution in [0.2, 0.25) is 0 Å². The molecule has 2 bridgehead atoms. The minimum atomic E-state index is -0.308. The monoisotopic (exact) mass is 351 g/mol. The van der Waals surface area contributed by atoms with Crippen molar-refractivity contribution >= 4 is 17.5 Å². The third kappa shape index (κ3) is 2.05. The molecule has 3 aliphatic heterocycles. The van der Waals surface area contributed by atoms with Gasteiger partial charge in [-0.3, -0.25) is 14.3 Å². The van der Waals surface area contributed by atoms with E-state index >= 15 is 0 Å². The molecule has 0 saturated carbocycles. The molecule has 4 heterocycles. The molecule has 2 aromatic rings. The number of ether oxygens (including phenoxy) is 1. The molecule has 3 fully saturated rings. The van der Waals surface area contributed by atoms with Gasteiger partial charge in [0, 0.05) is 0 Å². The molecule has 3 saturated heterocycles. The molecule has 2 amide bonds. The minimum Gasteiger partial charge on any atom is -0.373 e. The first-order chi connectivity index (χ1) is 12.6. The van der Waals surface area contributed by atoms with Crippen molar-refractivity contribution in [1.29, 1.82) is 0 Å². The summed E-state index contributed by atoms with van der Waals surface area (Å²) in [6.45, 7) is 4.41. The average molecular weight is 351 g/mol. The van der Waals surface area contributed by atoms with E-state index in [2.05, 4.69) is 5.10 Å². The summed E-state index contributed by atoms with van der Waals surface area (Å²) >= 11 is 0. The quantitative estimate of drug-likeness (QED) is 0.796. The van der Waals surface area contributed by atoms with Gasteiger partial charge in [-0.2, -0.15) is 5.10 Å². The maximum absolute atomic E-state index is 13.0. The topological polar surface area (TPSA) is 64.4 Å². The number of carbonyl (C=O) groups excluding carboxylic acids is 2. The molecule has 5 rings (SSSR count). The lowest BCUT2D eigenvalue weighted by molar-refractivity contribution is -0.124. The number of imide groups is 1. The van der Waals surface area contributed by atoms with Crippen LogP contribution >= 0.6 is 0 Å². The zero-order chi connectivity index (χ0) is 18.0. The van der Waals surface area contributed by atoms with Gasteiger partial charge >= 0.3 is 0 Å². The minimum absolute atomic E-state index is 0.0913. The number of aromatic nitrogens is 2. The number of hydrogen-bond acceptors (Lipinski definition) is 4. The van der Waals surface area contributed by atoms with E-state index in [1.54, 1.807) is 0 Å². The third-order valence-electron chi connectivity index (χ3n) is 6.03. The summed E-state index contributed by atoms with van der Waals surface area (Å²) in [5.74, 6) is -0.842. The first-order valence-electron chi connectivity index (χ1n) is 9.17. The Balaban J connectivity index is 1.51. The molecule has 0 radical (unpaired) electrons. The van der Waals surface area contributed by atoms with E-state index in [-0.39, 0.29) is 35.9 Å². The van der Waals surface area contributed by atoms with Crippen molar-refractivity contribution in [3.05, 3.63) is 47.3 Å². The lowest BCUT2D eigenvalue weighted by Crippen LogP contribution is -2.35. The van der Waals surface area contributed by atoms with Gasteiger partial charge in [0.05, 0.1) is 47.7 Å². The van der Waals surface area contributed by atoms with Crippen LogP contribution in [0.3, 0.4) is 0 Å². The second-order valence-corrected chi connectivity index (χ2v) is 7.52. The van der Waals surface area contributed by atoms with Gasteiger partial charge in [-0.05, 0) is 32.3 Å². The number of anilines is 1. The van der Waals surface area contributed by atoms with Crippen LogP contribution in [0.15, 0.2) is 30.3 Å². The van der Waals surface area contributed by atoms with Gasteiger partial charge < -0.3 is 4.74 Å². The smallest absolute Gasteiger partial charge is 0.240 e. The molecule has 1 aromatic carbocycles. The lowest BCUT2D eigenvalue weighted by Gasteiger charge is -2.18.